The van der Waals surface area contributed by atoms with Crippen molar-refractivity contribution in [3.63, 3.8) is 0 Å². The quantitative estimate of drug-likeness (QED) is 0.493. The summed E-state index contributed by atoms with van der Waals surface area (Å²) < 4.78 is 15.1. The van der Waals surface area contributed by atoms with Gasteiger partial charge in [0, 0.05) is 12.1 Å². The highest BCUT2D eigenvalue weighted by molar-refractivity contribution is 8.00. The van der Waals surface area contributed by atoms with Gasteiger partial charge in [-0.15, -0.1) is 0 Å². The first-order chi connectivity index (χ1) is 14.4. The third-order valence-corrected chi connectivity index (χ3v) is 4.79. The molecule has 0 aliphatic heterocycles. The van der Waals surface area contributed by atoms with Crippen molar-refractivity contribution in [1.82, 2.24) is 4.98 Å². The largest absolute Gasteiger partial charge is 0.493 e. The zero-order chi connectivity index (χ0) is 22.3. The summed E-state index contributed by atoms with van der Waals surface area (Å²) in [5.41, 5.74) is 6.12. The van der Waals surface area contributed by atoms with E-state index in [2.05, 4.69) is 10.3 Å². The molecule has 0 atom stereocenters. The van der Waals surface area contributed by atoms with Crippen molar-refractivity contribution in [2.75, 3.05) is 38.1 Å². The summed E-state index contributed by atoms with van der Waals surface area (Å²) in [6, 6.07) is 7.90. The fourth-order valence-electron chi connectivity index (χ4n) is 2.37. The van der Waals surface area contributed by atoms with E-state index in [4.69, 9.17) is 25.2 Å². The fourth-order valence-corrected chi connectivity index (χ4v) is 3.13. The molecular formula is C19H17N5O5S. The standard InChI is InChI=1S/C19H17N5O5S/c1-27-14-5-12(19(26)29-3)13(6-15(14)28-2)23-16(25)9-30-18-11(8-21)4-10(7-20)17(22)24-18/h4-6H,9H2,1-3H3,(H2,22,24)(H,23,25). The van der Waals surface area contributed by atoms with Crippen LogP contribution in [0.5, 0.6) is 11.5 Å². The van der Waals surface area contributed by atoms with Gasteiger partial charge in [0.25, 0.3) is 0 Å². The molecule has 0 radical (unpaired) electrons. The summed E-state index contributed by atoms with van der Waals surface area (Å²) >= 11 is 0.963. The highest BCUT2D eigenvalue weighted by Crippen LogP contribution is 2.34. The first-order valence-corrected chi connectivity index (χ1v) is 9.24. The average molecular weight is 427 g/mol. The molecule has 1 aromatic carbocycles. The van der Waals surface area contributed by atoms with Gasteiger partial charge >= 0.3 is 5.97 Å². The molecule has 1 aromatic heterocycles. The number of pyridine rings is 1. The molecule has 0 bridgehead atoms. The Morgan fingerprint density at radius 1 is 1.10 bits per heavy atom. The first-order valence-electron chi connectivity index (χ1n) is 8.26. The van der Waals surface area contributed by atoms with Crippen molar-refractivity contribution >= 4 is 35.1 Å². The van der Waals surface area contributed by atoms with E-state index in [1.165, 1.54) is 39.5 Å². The lowest BCUT2D eigenvalue weighted by Crippen LogP contribution is -2.17. The van der Waals surface area contributed by atoms with Crippen LogP contribution in [0.3, 0.4) is 0 Å². The van der Waals surface area contributed by atoms with Crippen LogP contribution in [-0.2, 0) is 9.53 Å². The number of ether oxygens (including phenoxy) is 3. The van der Waals surface area contributed by atoms with Crippen molar-refractivity contribution in [2.24, 2.45) is 0 Å². The van der Waals surface area contributed by atoms with Gasteiger partial charge in [0.05, 0.1) is 49.5 Å². The number of carbonyl (C=O) groups is 2. The number of aromatic nitrogens is 1. The second-order valence-corrected chi connectivity index (χ2v) is 6.54. The number of rotatable bonds is 7. The van der Waals surface area contributed by atoms with E-state index in [-0.39, 0.29) is 39.0 Å². The molecule has 0 spiro atoms. The summed E-state index contributed by atoms with van der Waals surface area (Å²) in [6.45, 7) is 0. The predicted molar refractivity (Wildman–Crippen MR) is 108 cm³/mol. The SMILES string of the molecule is COC(=O)c1cc(OC)c(OC)cc1NC(=O)CSc1nc(N)c(C#N)cc1C#N. The minimum atomic E-state index is -0.674. The Balaban J connectivity index is 2.25. The third-order valence-electron chi connectivity index (χ3n) is 3.80. The number of hydrogen-bond donors (Lipinski definition) is 2. The van der Waals surface area contributed by atoms with Gasteiger partial charge in [0.2, 0.25) is 5.91 Å². The highest BCUT2D eigenvalue weighted by Gasteiger charge is 2.20. The number of nitrogens with zero attached hydrogens (tertiary/aromatic N) is 3. The molecule has 0 fully saturated rings. The van der Waals surface area contributed by atoms with E-state index in [0.29, 0.717) is 11.5 Å². The molecule has 2 aromatic rings. The number of carbonyl (C=O) groups excluding carboxylic acids is 2. The van der Waals surface area contributed by atoms with Crippen LogP contribution < -0.4 is 20.5 Å². The number of benzene rings is 1. The third kappa shape index (κ3) is 4.90. The van der Waals surface area contributed by atoms with Gasteiger partial charge in [-0.1, -0.05) is 11.8 Å². The smallest absolute Gasteiger partial charge is 0.340 e. The molecule has 0 saturated heterocycles. The molecule has 154 valence electrons. The van der Waals surface area contributed by atoms with Gasteiger partial charge in [-0.2, -0.15) is 10.5 Å². The normalized spacial score (nSPS) is 9.77. The van der Waals surface area contributed by atoms with Crippen LogP contribution >= 0.6 is 11.8 Å². The summed E-state index contributed by atoms with van der Waals surface area (Å²) in [4.78, 5) is 28.6. The Kier molecular flexibility index (Phi) is 7.44. The Morgan fingerprint density at radius 3 is 2.30 bits per heavy atom. The van der Waals surface area contributed by atoms with Gasteiger partial charge in [-0.3, -0.25) is 4.79 Å². The number of nitrogens with two attached hydrogens (primary N) is 1. The average Bonchev–Trinajstić information content (AvgIpc) is 2.76. The van der Waals surface area contributed by atoms with Crippen molar-refractivity contribution in [3.05, 3.63) is 34.9 Å². The number of amides is 1. The van der Waals surface area contributed by atoms with Crippen LogP contribution in [0.15, 0.2) is 23.2 Å². The number of nitriles is 2. The second kappa shape index (κ2) is 10.0. The molecule has 11 heteroatoms. The number of nitrogens with one attached hydrogen (secondary N) is 1. The summed E-state index contributed by atoms with van der Waals surface area (Å²) in [5.74, 6) is -0.727. The van der Waals surface area contributed by atoms with E-state index in [1.807, 2.05) is 12.1 Å². The Morgan fingerprint density at radius 2 is 1.73 bits per heavy atom. The second-order valence-electron chi connectivity index (χ2n) is 5.58. The van der Waals surface area contributed by atoms with Crippen LogP contribution in [0.1, 0.15) is 21.5 Å². The molecule has 3 N–H and O–H groups in total. The molecule has 0 saturated carbocycles. The lowest BCUT2D eigenvalue weighted by atomic mass is 10.1. The fraction of sp³-hybridized carbons (Fsp3) is 0.211. The van der Waals surface area contributed by atoms with Gasteiger partial charge < -0.3 is 25.3 Å². The molecule has 10 nitrogen and oxygen atoms in total. The number of hydrogen-bond acceptors (Lipinski definition) is 10. The summed E-state index contributed by atoms with van der Waals surface area (Å²) in [6.07, 6.45) is 0. The lowest BCUT2D eigenvalue weighted by molar-refractivity contribution is -0.113. The molecule has 30 heavy (non-hydrogen) atoms. The van der Waals surface area contributed by atoms with Gasteiger partial charge in [0.15, 0.2) is 11.5 Å². The van der Waals surface area contributed by atoms with Crippen LogP contribution in [0.25, 0.3) is 0 Å². The van der Waals surface area contributed by atoms with E-state index in [1.54, 1.807) is 0 Å². The van der Waals surface area contributed by atoms with Gasteiger partial charge in [0.1, 0.15) is 23.0 Å². The molecular weight excluding hydrogens is 410 g/mol. The minimum absolute atomic E-state index is 0.0349. The monoisotopic (exact) mass is 427 g/mol. The number of methoxy groups -OCH3 is 3. The van der Waals surface area contributed by atoms with Gasteiger partial charge in [-0.25, -0.2) is 9.78 Å². The zero-order valence-electron chi connectivity index (χ0n) is 16.3. The molecule has 1 amide bonds. The molecule has 2 rings (SSSR count). The van der Waals surface area contributed by atoms with E-state index >= 15 is 0 Å². The van der Waals surface area contributed by atoms with E-state index < -0.39 is 11.9 Å². The minimum Gasteiger partial charge on any atom is -0.493 e. The molecule has 0 aliphatic carbocycles. The highest BCUT2D eigenvalue weighted by atomic mass is 32.2. The van der Waals surface area contributed by atoms with Gasteiger partial charge in [-0.05, 0) is 6.07 Å². The molecule has 0 unspecified atom stereocenters. The van der Waals surface area contributed by atoms with Crippen LogP contribution in [0.2, 0.25) is 0 Å². The maximum Gasteiger partial charge on any atom is 0.340 e. The summed E-state index contributed by atoms with van der Waals surface area (Å²) in [5, 5.41) is 21.0. The number of anilines is 2. The van der Waals surface area contributed by atoms with E-state index in [9.17, 15) is 14.9 Å². The Labute approximate surface area is 176 Å². The zero-order valence-corrected chi connectivity index (χ0v) is 17.1. The van der Waals surface area contributed by atoms with Crippen LogP contribution in [0.4, 0.5) is 11.5 Å². The Hall–Kier alpha value is -3.96. The Bertz CT molecular complexity index is 1070. The summed E-state index contributed by atoms with van der Waals surface area (Å²) in [7, 11) is 4.04. The van der Waals surface area contributed by atoms with Crippen molar-refractivity contribution in [3.8, 4) is 23.6 Å². The van der Waals surface area contributed by atoms with Crippen LogP contribution in [-0.4, -0.2) is 43.9 Å². The molecule has 0 aliphatic rings. The lowest BCUT2D eigenvalue weighted by Gasteiger charge is -2.14. The van der Waals surface area contributed by atoms with Crippen molar-refractivity contribution < 1.29 is 23.8 Å². The number of nitrogen functional groups attached to an aromatic ring is 1. The van der Waals surface area contributed by atoms with E-state index in [0.717, 1.165) is 11.8 Å². The first kappa shape index (κ1) is 22.3. The predicted octanol–water partition coefficient (Wildman–Crippen LogP) is 1.94. The number of esters is 1. The topological polar surface area (TPSA) is 160 Å². The van der Waals surface area contributed by atoms with Crippen molar-refractivity contribution in [2.45, 2.75) is 5.03 Å². The molecule has 1 heterocycles. The van der Waals surface area contributed by atoms with Crippen molar-refractivity contribution in [1.29, 1.82) is 10.5 Å². The maximum atomic E-state index is 12.5. The maximum absolute atomic E-state index is 12.5. The number of thioether (sulfide) groups is 1. The van der Waals surface area contributed by atoms with Crippen LogP contribution in [0, 0.1) is 22.7 Å².